The predicted molar refractivity (Wildman–Crippen MR) is 115 cm³/mol. The summed E-state index contributed by atoms with van der Waals surface area (Å²) in [7, 11) is 0. The first-order valence-electron chi connectivity index (χ1n) is 10.6. The summed E-state index contributed by atoms with van der Waals surface area (Å²) in [6, 6.07) is 6.00. The van der Waals surface area contributed by atoms with Crippen LogP contribution < -0.4 is 16.0 Å². The van der Waals surface area contributed by atoms with Crippen LogP contribution in [0.1, 0.15) is 56.8 Å². The van der Waals surface area contributed by atoms with E-state index in [0.29, 0.717) is 37.2 Å². The van der Waals surface area contributed by atoms with Gasteiger partial charge in [-0.1, -0.05) is 12.1 Å². The molecule has 9 nitrogen and oxygen atoms in total. The fourth-order valence-corrected chi connectivity index (χ4v) is 3.69. The molecule has 0 bridgehead atoms. The quantitative estimate of drug-likeness (QED) is 0.676. The van der Waals surface area contributed by atoms with Gasteiger partial charge in [-0.15, -0.1) is 0 Å². The van der Waals surface area contributed by atoms with Crippen molar-refractivity contribution in [2.45, 2.75) is 64.1 Å². The average molecular weight is 431 g/mol. The number of anilines is 1. The molecule has 3 rings (SSSR count). The molecule has 1 aromatic carbocycles. The topological polar surface area (TPSA) is 117 Å². The molecule has 168 valence electrons. The molecule has 2 aliphatic rings. The first kappa shape index (κ1) is 22.6. The highest BCUT2D eigenvalue weighted by atomic mass is 16.6. The number of alkyl carbamates (subject to hydrolysis) is 1. The molecule has 1 aromatic rings. The van der Waals surface area contributed by atoms with Gasteiger partial charge in [0.25, 0.3) is 5.91 Å². The summed E-state index contributed by atoms with van der Waals surface area (Å²) < 4.78 is 5.27. The lowest BCUT2D eigenvalue weighted by atomic mass is 10.0. The Bertz CT molecular complexity index is 856. The summed E-state index contributed by atoms with van der Waals surface area (Å²) >= 11 is 0. The van der Waals surface area contributed by atoms with E-state index in [1.54, 1.807) is 29.2 Å². The van der Waals surface area contributed by atoms with Gasteiger partial charge in [0.1, 0.15) is 11.6 Å². The lowest BCUT2D eigenvalue weighted by Gasteiger charge is -2.33. The molecule has 1 atom stereocenters. The van der Waals surface area contributed by atoms with Gasteiger partial charge in [-0.25, -0.2) is 4.79 Å². The predicted octanol–water partition coefficient (Wildman–Crippen LogP) is 2.03. The van der Waals surface area contributed by atoms with Crippen molar-refractivity contribution in [3.63, 3.8) is 0 Å². The maximum absolute atomic E-state index is 12.6. The highest BCUT2D eigenvalue weighted by Crippen LogP contribution is 2.20. The Morgan fingerprint density at radius 3 is 2.52 bits per heavy atom. The van der Waals surface area contributed by atoms with Crippen LogP contribution in [0.25, 0.3) is 0 Å². The number of hydrogen-bond donors (Lipinski definition) is 3. The van der Waals surface area contributed by atoms with Crippen LogP contribution in [0, 0.1) is 0 Å². The van der Waals surface area contributed by atoms with E-state index >= 15 is 0 Å². The van der Waals surface area contributed by atoms with E-state index in [1.165, 1.54) is 0 Å². The van der Waals surface area contributed by atoms with E-state index < -0.39 is 17.7 Å². The summed E-state index contributed by atoms with van der Waals surface area (Å²) in [5, 5.41) is 8.30. The van der Waals surface area contributed by atoms with Gasteiger partial charge in [0.05, 0.1) is 11.3 Å². The largest absolute Gasteiger partial charge is 0.444 e. The lowest BCUT2D eigenvalue weighted by Crippen LogP contribution is -2.48. The van der Waals surface area contributed by atoms with Crippen LogP contribution in [-0.4, -0.2) is 59.5 Å². The summed E-state index contributed by atoms with van der Waals surface area (Å²) in [6.45, 7) is 6.47. The highest BCUT2D eigenvalue weighted by molar-refractivity contribution is 6.09. The standard InChI is InChI=1S/C22H30N4O5/c1-22(2,3)31-21(30)23-14-10-12-26(13-11-14)18(27)9-8-17-20(29)24-16-7-5-4-6-15(16)19(28)25-17/h4-7,14,17H,8-13H2,1-3H3,(H,23,30)(H,24,29)(H,25,28)/t17-/m1/s1. The van der Waals surface area contributed by atoms with Crippen LogP contribution in [0.5, 0.6) is 0 Å². The van der Waals surface area contributed by atoms with Crippen molar-refractivity contribution in [3.05, 3.63) is 29.8 Å². The van der Waals surface area contributed by atoms with Gasteiger partial charge in [-0.05, 0) is 52.2 Å². The van der Waals surface area contributed by atoms with E-state index in [4.69, 9.17) is 4.74 Å². The molecule has 0 aromatic heterocycles. The Hall–Kier alpha value is -3.10. The molecule has 4 amide bonds. The SMILES string of the molecule is CC(C)(C)OC(=O)NC1CCN(C(=O)CC[C@H]2NC(=O)c3ccccc3NC2=O)CC1. The first-order chi connectivity index (χ1) is 14.6. The molecule has 0 aliphatic carbocycles. The zero-order valence-corrected chi connectivity index (χ0v) is 18.2. The average Bonchev–Trinajstić information content (AvgIpc) is 2.81. The normalized spacial score (nSPS) is 19.6. The van der Waals surface area contributed by atoms with Gasteiger partial charge >= 0.3 is 6.09 Å². The third kappa shape index (κ3) is 6.19. The van der Waals surface area contributed by atoms with Crippen LogP contribution in [0.15, 0.2) is 24.3 Å². The van der Waals surface area contributed by atoms with Gasteiger partial charge in [-0.2, -0.15) is 0 Å². The van der Waals surface area contributed by atoms with Crippen molar-refractivity contribution in [2.24, 2.45) is 0 Å². The van der Waals surface area contributed by atoms with E-state index in [-0.39, 0.29) is 36.6 Å². The van der Waals surface area contributed by atoms with Crippen LogP contribution in [-0.2, 0) is 14.3 Å². The van der Waals surface area contributed by atoms with Crippen LogP contribution in [0.3, 0.4) is 0 Å². The monoisotopic (exact) mass is 430 g/mol. The van der Waals surface area contributed by atoms with E-state index in [9.17, 15) is 19.2 Å². The minimum atomic E-state index is -0.768. The molecule has 0 saturated carbocycles. The third-order valence-electron chi connectivity index (χ3n) is 5.27. The molecule has 31 heavy (non-hydrogen) atoms. The number of amides is 4. The summed E-state index contributed by atoms with van der Waals surface area (Å²) in [4.78, 5) is 51.1. The minimum absolute atomic E-state index is 0.0377. The number of benzene rings is 1. The molecule has 9 heteroatoms. The summed E-state index contributed by atoms with van der Waals surface area (Å²) in [6.07, 6.45) is 1.20. The highest BCUT2D eigenvalue weighted by Gasteiger charge is 2.30. The molecule has 0 radical (unpaired) electrons. The second kappa shape index (κ2) is 9.36. The Kier molecular flexibility index (Phi) is 6.82. The second-order valence-electron chi connectivity index (χ2n) is 8.90. The zero-order valence-electron chi connectivity index (χ0n) is 18.2. The van der Waals surface area contributed by atoms with Gasteiger partial charge in [0, 0.05) is 25.6 Å². The van der Waals surface area contributed by atoms with Gasteiger partial charge < -0.3 is 25.6 Å². The second-order valence-corrected chi connectivity index (χ2v) is 8.90. The summed E-state index contributed by atoms with van der Waals surface area (Å²) in [5.74, 6) is -0.730. The van der Waals surface area contributed by atoms with E-state index in [1.807, 2.05) is 20.8 Å². The molecule has 2 heterocycles. The molecule has 0 spiro atoms. The number of carbonyl (C=O) groups excluding carboxylic acids is 4. The fraction of sp³-hybridized carbons (Fsp3) is 0.545. The molecular weight excluding hydrogens is 400 g/mol. The smallest absolute Gasteiger partial charge is 0.407 e. The Morgan fingerprint density at radius 2 is 1.84 bits per heavy atom. The Labute approximate surface area is 181 Å². The number of para-hydroxylation sites is 1. The Balaban J connectivity index is 1.45. The molecule has 2 aliphatic heterocycles. The number of hydrogen-bond acceptors (Lipinski definition) is 5. The summed E-state index contributed by atoms with van der Waals surface area (Å²) in [5.41, 5.74) is 0.324. The van der Waals surface area contributed by atoms with Gasteiger partial charge in [-0.3, -0.25) is 14.4 Å². The van der Waals surface area contributed by atoms with Crippen molar-refractivity contribution >= 4 is 29.5 Å². The number of ether oxygens (including phenoxy) is 1. The fourth-order valence-electron chi connectivity index (χ4n) is 3.69. The zero-order chi connectivity index (χ0) is 22.6. The third-order valence-corrected chi connectivity index (χ3v) is 5.27. The maximum atomic E-state index is 12.6. The number of rotatable bonds is 4. The van der Waals surface area contributed by atoms with Crippen LogP contribution >= 0.6 is 0 Å². The van der Waals surface area contributed by atoms with Crippen molar-refractivity contribution in [1.82, 2.24) is 15.5 Å². The number of likely N-dealkylation sites (tertiary alicyclic amines) is 1. The van der Waals surface area contributed by atoms with Crippen LogP contribution in [0.4, 0.5) is 10.5 Å². The number of nitrogens with zero attached hydrogens (tertiary/aromatic N) is 1. The number of carbonyl (C=O) groups is 4. The minimum Gasteiger partial charge on any atom is -0.444 e. The lowest BCUT2D eigenvalue weighted by molar-refractivity contribution is -0.132. The Morgan fingerprint density at radius 1 is 1.16 bits per heavy atom. The maximum Gasteiger partial charge on any atom is 0.407 e. The van der Waals surface area contributed by atoms with Crippen LogP contribution in [0.2, 0.25) is 0 Å². The molecule has 3 N–H and O–H groups in total. The van der Waals surface area contributed by atoms with E-state index in [2.05, 4.69) is 16.0 Å². The molecule has 1 saturated heterocycles. The van der Waals surface area contributed by atoms with E-state index in [0.717, 1.165) is 0 Å². The van der Waals surface area contributed by atoms with Gasteiger partial charge in [0.15, 0.2) is 0 Å². The van der Waals surface area contributed by atoms with Crippen molar-refractivity contribution in [2.75, 3.05) is 18.4 Å². The molecule has 1 fully saturated rings. The van der Waals surface area contributed by atoms with Gasteiger partial charge in [0.2, 0.25) is 11.8 Å². The van der Waals surface area contributed by atoms with Crippen molar-refractivity contribution < 1.29 is 23.9 Å². The molecular formula is C22H30N4O5. The number of nitrogens with one attached hydrogen (secondary N) is 3. The first-order valence-corrected chi connectivity index (χ1v) is 10.6. The number of piperidine rings is 1. The number of fused-ring (bicyclic) bond motifs is 1. The van der Waals surface area contributed by atoms with Crippen molar-refractivity contribution in [3.8, 4) is 0 Å². The van der Waals surface area contributed by atoms with Crippen molar-refractivity contribution in [1.29, 1.82) is 0 Å². The molecule has 0 unspecified atom stereocenters.